The predicted octanol–water partition coefficient (Wildman–Crippen LogP) is 4.70. The highest BCUT2D eigenvalue weighted by Gasteiger charge is 2.35. The summed E-state index contributed by atoms with van der Waals surface area (Å²) in [4.78, 5) is 18.5. The van der Waals surface area contributed by atoms with Crippen LogP contribution in [0, 0.1) is 0 Å². The Morgan fingerprint density at radius 1 is 1.15 bits per heavy atom. The summed E-state index contributed by atoms with van der Waals surface area (Å²) in [7, 11) is 5.31. The summed E-state index contributed by atoms with van der Waals surface area (Å²) < 4.78 is 38.2. The Balaban J connectivity index is 1.46. The van der Waals surface area contributed by atoms with Crippen LogP contribution in [0.15, 0.2) is 24.5 Å². The van der Waals surface area contributed by atoms with Gasteiger partial charge in [-0.3, -0.25) is 9.36 Å². The summed E-state index contributed by atoms with van der Waals surface area (Å²) in [6.45, 7) is 3.15. The molecule has 3 aliphatic rings. The van der Waals surface area contributed by atoms with Crippen molar-refractivity contribution in [2.24, 2.45) is 7.05 Å². The minimum absolute atomic E-state index is 0.00390. The number of halogens is 2. The second kappa shape index (κ2) is 10.3. The van der Waals surface area contributed by atoms with Crippen molar-refractivity contribution in [3.8, 4) is 11.1 Å². The Morgan fingerprint density at radius 3 is 2.64 bits per heavy atom. The molecule has 1 aromatic carbocycles. The number of ether oxygens (including phenoxy) is 1. The average Bonchev–Trinajstić information content (AvgIpc) is 3.55. The van der Waals surface area contributed by atoms with Gasteiger partial charge in [-0.25, -0.2) is 13.6 Å². The van der Waals surface area contributed by atoms with Gasteiger partial charge in [0.2, 0.25) is 0 Å². The van der Waals surface area contributed by atoms with Crippen LogP contribution in [0.2, 0.25) is 0 Å². The fourth-order valence-corrected chi connectivity index (χ4v) is 6.18. The number of urea groups is 1. The van der Waals surface area contributed by atoms with Gasteiger partial charge in [0.05, 0.1) is 18.8 Å². The highest BCUT2D eigenvalue weighted by molar-refractivity contribution is 5.78. The molecule has 0 spiro atoms. The number of fused-ring (bicyclic) bond motifs is 2. The number of carbonyl (C=O) groups excluding carboxylic acids is 1. The number of amides is 2. The van der Waals surface area contributed by atoms with Gasteiger partial charge in [0.1, 0.15) is 0 Å². The fourth-order valence-electron chi connectivity index (χ4n) is 6.18. The Kier molecular flexibility index (Phi) is 6.78. The van der Waals surface area contributed by atoms with Crippen LogP contribution in [0.5, 0.6) is 0 Å². The van der Waals surface area contributed by atoms with Crippen molar-refractivity contribution in [2.45, 2.75) is 51.1 Å². The zero-order chi connectivity index (χ0) is 27.3. The predicted molar refractivity (Wildman–Crippen MR) is 143 cm³/mol. The summed E-state index contributed by atoms with van der Waals surface area (Å²) in [5.74, 6) is 0.781. The second-order valence-corrected chi connectivity index (χ2v) is 10.9. The Hall–Kier alpha value is -3.47. The van der Waals surface area contributed by atoms with Crippen LogP contribution >= 0.6 is 0 Å². The van der Waals surface area contributed by atoms with Gasteiger partial charge in [0.25, 0.3) is 6.43 Å². The van der Waals surface area contributed by atoms with E-state index in [2.05, 4.69) is 14.7 Å². The lowest BCUT2D eigenvalue weighted by Crippen LogP contribution is -2.42. The first-order valence-corrected chi connectivity index (χ1v) is 13.7. The SMILES string of the molecule is CN(C)C(=O)N1CCc2c(c(N3CCCc4cc(-c5cnn(C)c5)c(C(F)F)cc43)nn2C2CCOCC2)C1. The van der Waals surface area contributed by atoms with Gasteiger partial charge in [-0.05, 0) is 48.9 Å². The fraction of sp³-hybridized carbons (Fsp3) is 0.536. The van der Waals surface area contributed by atoms with Crippen LogP contribution in [0.4, 0.5) is 25.1 Å². The maximum Gasteiger partial charge on any atom is 0.319 e. The molecule has 208 valence electrons. The lowest BCUT2D eigenvalue weighted by atomic mass is 9.92. The van der Waals surface area contributed by atoms with E-state index in [0.717, 1.165) is 54.0 Å². The lowest BCUT2D eigenvalue weighted by Gasteiger charge is -2.34. The maximum atomic E-state index is 14.4. The first kappa shape index (κ1) is 25.8. The van der Waals surface area contributed by atoms with Crippen molar-refractivity contribution in [1.29, 1.82) is 0 Å². The maximum absolute atomic E-state index is 14.4. The van der Waals surface area contributed by atoms with Crippen molar-refractivity contribution >= 4 is 17.5 Å². The van der Waals surface area contributed by atoms with E-state index >= 15 is 0 Å². The van der Waals surface area contributed by atoms with E-state index < -0.39 is 6.43 Å². The molecule has 2 aromatic heterocycles. The van der Waals surface area contributed by atoms with Crippen molar-refractivity contribution < 1.29 is 18.3 Å². The van der Waals surface area contributed by atoms with E-state index in [0.29, 0.717) is 50.4 Å². The molecule has 0 N–H and O–H groups in total. The largest absolute Gasteiger partial charge is 0.381 e. The summed E-state index contributed by atoms with van der Waals surface area (Å²) in [6.07, 6.45) is 4.94. The second-order valence-electron chi connectivity index (χ2n) is 10.9. The monoisotopic (exact) mass is 539 g/mol. The number of alkyl halides is 2. The molecule has 9 nitrogen and oxygen atoms in total. The highest BCUT2D eigenvalue weighted by atomic mass is 19.3. The van der Waals surface area contributed by atoms with E-state index in [1.54, 1.807) is 49.2 Å². The quantitative estimate of drug-likeness (QED) is 0.481. The van der Waals surface area contributed by atoms with Crippen molar-refractivity contribution in [2.75, 3.05) is 45.3 Å². The Morgan fingerprint density at radius 2 is 1.95 bits per heavy atom. The highest BCUT2D eigenvalue weighted by Crippen LogP contribution is 2.43. The first-order valence-electron chi connectivity index (χ1n) is 13.7. The van der Waals surface area contributed by atoms with Gasteiger partial charge in [-0.15, -0.1) is 0 Å². The summed E-state index contributed by atoms with van der Waals surface area (Å²) >= 11 is 0. The van der Waals surface area contributed by atoms with E-state index in [9.17, 15) is 13.6 Å². The van der Waals surface area contributed by atoms with Crippen LogP contribution < -0.4 is 4.90 Å². The van der Waals surface area contributed by atoms with E-state index in [1.165, 1.54) is 0 Å². The van der Waals surface area contributed by atoms with Crippen LogP contribution in [0.25, 0.3) is 11.1 Å². The molecule has 1 fully saturated rings. The third-order valence-electron chi connectivity index (χ3n) is 8.13. The number of hydrogen-bond donors (Lipinski definition) is 0. The number of benzene rings is 1. The summed E-state index contributed by atoms with van der Waals surface area (Å²) in [5.41, 5.74) is 5.17. The topological polar surface area (TPSA) is 71.7 Å². The Labute approximate surface area is 226 Å². The molecule has 0 radical (unpaired) electrons. The van der Waals surface area contributed by atoms with Crippen molar-refractivity contribution in [1.82, 2.24) is 29.4 Å². The summed E-state index contributed by atoms with van der Waals surface area (Å²) in [5, 5.41) is 9.37. The van der Waals surface area contributed by atoms with E-state index in [-0.39, 0.29) is 17.6 Å². The molecule has 11 heteroatoms. The van der Waals surface area contributed by atoms with Gasteiger partial charge >= 0.3 is 6.03 Å². The molecule has 0 saturated carbocycles. The van der Waals surface area contributed by atoms with Gasteiger partial charge in [0.15, 0.2) is 5.82 Å². The third-order valence-corrected chi connectivity index (χ3v) is 8.13. The van der Waals surface area contributed by atoms with Crippen LogP contribution in [-0.4, -0.2) is 75.8 Å². The Bertz CT molecular complexity index is 1380. The molecule has 0 atom stereocenters. The van der Waals surface area contributed by atoms with Crippen LogP contribution in [0.1, 0.15) is 54.1 Å². The number of anilines is 2. The minimum Gasteiger partial charge on any atom is -0.381 e. The van der Waals surface area contributed by atoms with Crippen LogP contribution in [-0.2, 0) is 31.2 Å². The van der Waals surface area contributed by atoms with E-state index in [1.807, 2.05) is 11.0 Å². The number of aromatic nitrogens is 4. The first-order chi connectivity index (χ1) is 18.8. The molecule has 3 aliphatic heterocycles. The molecule has 3 aromatic rings. The van der Waals surface area contributed by atoms with Gasteiger partial charge in [0, 0.05) is 88.1 Å². The molecule has 0 bridgehead atoms. The number of nitrogens with zero attached hydrogens (tertiary/aromatic N) is 7. The lowest BCUT2D eigenvalue weighted by molar-refractivity contribution is 0.0651. The molecule has 0 aliphatic carbocycles. The molecular formula is C28H35F2N7O2. The van der Waals surface area contributed by atoms with Crippen molar-refractivity contribution in [3.05, 3.63) is 46.9 Å². The number of hydrogen-bond acceptors (Lipinski definition) is 5. The zero-order valence-electron chi connectivity index (χ0n) is 22.7. The average molecular weight is 540 g/mol. The van der Waals surface area contributed by atoms with Crippen molar-refractivity contribution in [3.63, 3.8) is 0 Å². The minimum atomic E-state index is -2.63. The molecule has 2 amide bonds. The zero-order valence-corrected chi connectivity index (χ0v) is 22.7. The third kappa shape index (κ3) is 4.66. The molecule has 1 saturated heterocycles. The molecule has 0 unspecified atom stereocenters. The standard InChI is InChI=1S/C28H35F2N7O2/c1-33(2)28(38)35-10-6-24-23(17-35)27(32-37(24)20-7-11-39-12-8-20)36-9-4-5-18-13-21(19-15-31-34(3)16-19)22(26(29)30)14-25(18)36/h13-16,20,26H,4-12,17H2,1-3H3. The normalized spacial score (nSPS) is 17.9. The van der Waals surface area contributed by atoms with E-state index in [4.69, 9.17) is 9.84 Å². The molecule has 6 rings (SSSR count). The van der Waals surface area contributed by atoms with Gasteiger partial charge in [-0.2, -0.15) is 10.2 Å². The smallest absolute Gasteiger partial charge is 0.319 e. The number of carbonyl (C=O) groups is 1. The molecular weight excluding hydrogens is 504 g/mol. The summed E-state index contributed by atoms with van der Waals surface area (Å²) in [6, 6.07) is 3.74. The van der Waals surface area contributed by atoms with Gasteiger partial charge < -0.3 is 19.4 Å². The number of aryl methyl sites for hydroxylation is 2. The number of rotatable bonds is 4. The van der Waals surface area contributed by atoms with Gasteiger partial charge in [-0.1, -0.05) is 0 Å². The van der Waals surface area contributed by atoms with Crippen LogP contribution in [0.3, 0.4) is 0 Å². The molecule has 39 heavy (non-hydrogen) atoms. The molecule has 5 heterocycles.